The fraction of sp³-hybridized carbons (Fsp3) is 0.600. The van der Waals surface area contributed by atoms with E-state index in [1.54, 1.807) is 7.11 Å². The summed E-state index contributed by atoms with van der Waals surface area (Å²) in [5.41, 5.74) is 7.83. The Morgan fingerprint density at radius 3 is 2.63 bits per heavy atom. The lowest BCUT2D eigenvalue weighted by Crippen LogP contribution is -2.36. The number of hydrogen-bond acceptors (Lipinski definition) is 4. The van der Waals surface area contributed by atoms with Gasteiger partial charge in [0.05, 0.1) is 18.9 Å². The number of ether oxygens (including phenoxy) is 1. The number of piperidine rings is 1. The normalized spacial score (nSPS) is 19.3. The van der Waals surface area contributed by atoms with Crippen molar-refractivity contribution in [3.05, 3.63) is 23.8 Å². The van der Waals surface area contributed by atoms with Gasteiger partial charge in [-0.1, -0.05) is 6.07 Å². The molecule has 3 N–H and O–H groups in total. The van der Waals surface area contributed by atoms with Gasteiger partial charge in [0.15, 0.2) is 0 Å². The summed E-state index contributed by atoms with van der Waals surface area (Å²) in [7, 11) is 1.63. The van der Waals surface area contributed by atoms with Gasteiger partial charge in [0.1, 0.15) is 5.75 Å². The van der Waals surface area contributed by atoms with Crippen LogP contribution in [0, 0.1) is 5.92 Å². The van der Waals surface area contributed by atoms with E-state index >= 15 is 0 Å². The van der Waals surface area contributed by atoms with E-state index in [-0.39, 0.29) is 6.10 Å². The van der Waals surface area contributed by atoms with Crippen LogP contribution in [0.2, 0.25) is 0 Å². The number of anilines is 1. The van der Waals surface area contributed by atoms with Crippen molar-refractivity contribution in [1.29, 1.82) is 0 Å². The number of methoxy groups -OCH3 is 1. The second-order valence-electron chi connectivity index (χ2n) is 5.43. The second-order valence-corrected chi connectivity index (χ2v) is 5.43. The van der Waals surface area contributed by atoms with E-state index in [1.165, 1.54) is 5.56 Å². The summed E-state index contributed by atoms with van der Waals surface area (Å²) in [6.45, 7) is 4.90. The van der Waals surface area contributed by atoms with Crippen LogP contribution in [0.25, 0.3) is 0 Å². The maximum atomic E-state index is 9.60. The van der Waals surface area contributed by atoms with Gasteiger partial charge in [0.25, 0.3) is 0 Å². The number of benzene rings is 1. The molecule has 0 amide bonds. The largest absolute Gasteiger partial charge is 0.495 e. The highest BCUT2D eigenvalue weighted by Gasteiger charge is 2.22. The molecule has 0 aromatic heterocycles. The van der Waals surface area contributed by atoms with Crippen LogP contribution >= 0.6 is 0 Å². The fourth-order valence-corrected chi connectivity index (χ4v) is 2.73. The van der Waals surface area contributed by atoms with Gasteiger partial charge in [-0.25, -0.2) is 0 Å². The Morgan fingerprint density at radius 2 is 2.11 bits per heavy atom. The van der Waals surface area contributed by atoms with Crippen molar-refractivity contribution in [2.24, 2.45) is 5.92 Å². The standard InChI is InChI=1S/C15H24N2O2/c1-11(18)13-5-7-17(8-6-13)10-12-3-4-15(19-2)14(16)9-12/h3-4,9,11,13,18H,5-8,10,16H2,1-2H3. The highest BCUT2D eigenvalue weighted by molar-refractivity contribution is 5.54. The van der Waals surface area contributed by atoms with Crippen molar-refractivity contribution < 1.29 is 9.84 Å². The molecular weight excluding hydrogens is 240 g/mol. The Morgan fingerprint density at radius 1 is 1.42 bits per heavy atom. The summed E-state index contributed by atoms with van der Waals surface area (Å²) in [5.74, 6) is 1.19. The number of rotatable bonds is 4. The average Bonchev–Trinajstić information content (AvgIpc) is 2.39. The first-order chi connectivity index (χ1) is 9.10. The third-order valence-electron chi connectivity index (χ3n) is 4.01. The first-order valence-electron chi connectivity index (χ1n) is 6.93. The minimum Gasteiger partial charge on any atom is -0.495 e. The van der Waals surface area contributed by atoms with Crippen molar-refractivity contribution >= 4 is 5.69 Å². The number of likely N-dealkylation sites (tertiary alicyclic amines) is 1. The topological polar surface area (TPSA) is 58.7 Å². The molecule has 1 aromatic carbocycles. The molecular formula is C15H24N2O2. The van der Waals surface area contributed by atoms with Crippen molar-refractivity contribution in [2.75, 3.05) is 25.9 Å². The van der Waals surface area contributed by atoms with Crippen molar-refractivity contribution in [2.45, 2.75) is 32.4 Å². The summed E-state index contributed by atoms with van der Waals surface area (Å²) in [5, 5.41) is 9.60. The molecule has 4 heteroatoms. The van der Waals surface area contributed by atoms with Crippen molar-refractivity contribution in [1.82, 2.24) is 4.90 Å². The zero-order valence-corrected chi connectivity index (χ0v) is 11.8. The van der Waals surface area contributed by atoms with E-state index in [4.69, 9.17) is 10.5 Å². The third-order valence-corrected chi connectivity index (χ3v) is 4.01. The molecule has 1 saturated heterocycles. The molecule has 1 aromatic rings. The molecule has 0 saturated carbocycles. The molecule has 4 nitrogen and oxygen atoms in total. The van der Waals surface area contributed by atoms with Gasteiger partial charge in [-0.3, -0.25) is 4.90 Å². The number of nitrogen functional groups attached to an aromatic ring is 1. The third kappa shape index (κ3) is 3.61. The van der Waals surface area contributed by atoms with Crippen LogP contribution < -0.4 is 10.5 Å². The van der Waals surface area contributed by atoms with Gasteiger partial charge in [0.2, 0.25) is 0 Å². The van der Waals surface area contributed by atoms with E-state index in [2.05, 4.69) is 11.0 Å². The van der Waals surface area contributed by atoms with Crippen LogP contribution in [0.3, 0.4) is 0 Å². The van der Waals surface area contributed by atoms with E-state index in [0.29, 0.717) is 11.6 Å². The lowest BCUT2D eigenvalue weighted by Gasteiger charge is -2.33. The molecule has 1 heterocycles. The monoisotopic (exact) mass is 264 g/mol. The lowest BCUT2D eigenvalue weighted by atomic mass is 9.92. The quantitative estimate of drug-likeness (QED) is 0.815. The molecule has 106 valence electrons. The molecule has 19 heavy (non-hydrogen) atoms. The number of aliphatic hydroxyl groups is 1. The molecule has 1 aliphatic heterocycles. The molecule has 1 fully saturated rings. The average molecular weight is 264 g/mol. The van der Waals surface area contributed by atoms with Crippen LogP contribution in [-0.4, -0.2) is 36.3 Å². The molecule has 1 aliphatic rings. The zero-order valence-electron chi connectivity index (χ0n) is 11.8. The van der Waals surface area contributed by atoms with E-state index in [1.807, 2.05) is 19.1 Å². The molecule has 1 atom stereocenters. The predicted molar refractivity (Wildman–Crippen MR) is 77.1 cm³/mol. The van der Waals surface area contributed by atoms with Crippen LogP contribution in [0.1, 0.15) is 25.3 Å². The molecule has 0 radical (unpaired) electrons. The zero-order chi connectivity index (χ0) is 13.8. The molecule has 0 bridgehead atoms. The maximum absolute atomic E-state index is 9.60. The molecule has 2 rings (SSSR count). The van der Waals surface area contributed by atoms with E-state index < -0.39 is 0 Å². The predicted octanol–water partition coefficient (Wildman–Crippen LogP) is 1.87. The van der Waals surface area contributed by atoms with Gasteiger partial charge < -0.3 is 15.6 Å². The summed E-state index contributed by atoms with van der Waals surface area (Å²) < 4.78 is 5.16. The maximum Gasteiger partial charge on any atom is 0.141 e. The van der Waals surface area contributed by atoms with Crippen molar-refractivity contribution in [3.63, 3.8) is 0 Å². The highest BCUT2D eigenvalue weighted by Crippen LogP contribution is 2.25. The Hall–Kier alpha value is -1.26. The first kappa shape index (κ1) is 14.2. The Bertz CT molecular complexity index is 413. The number of aliphatic hydroxyl groups excluding tert-OH is 1. The van der Waals surface area contributed by atoms with Gasteiger partial charge in [0, 0.05) is 6.54 Å². The summed E-state index contributed by atoms with van der Waals surface area (Å²) in [6, 6.07) is 5.97. The summed E-state index contributed by atoms with van der Waals surface area (Å²) in [4.78, 5) is 2.42. The number of nitrogens with zero attached hydrogens (tertiary/aromatic N) is 1. The second kappa shape index (κ2) is 6.26. The highest BCUT2D eigenvalue weighted by atomic mass is 16.5. The smallest absolute Gasteiger partial charge is 0.141 e. The minimum atomic E-state index is -0.182. The minimum absolute atomic E-state index is 0.182. The Balaban J connectivity index is 1.90. The summed E-state index contributed by atoms with van der Waals surface area (Å²) in [6.07, 6.45) is 1.96. The van der Waals surface area contributed by atoms with Gasteiger partial charge in [-0.15, -0.1) is 0 Å². The molecule has 0 spiro atoms. The first-order valence-corrected chi connectivity index (χ1v) is 6.93. The lowest BCUT2D eigenvalue weighted by molar-refractivity contribution is 0.0695. The molecule has 1 unspecified atom stereocenters. The number of hydrogen-bond donors (Lipinski definition) is 2. The van der Waals surface area contributed by atoms with E-state index in [0.717, 1.165) is 38.2 Å². The summed E-state index contributed by atoms with van der Waals surface area (Å²) >= 11 is 0. The Kier molecular flexibility index (Phi) is 4.66. The molecule has 0 aliphatic carbocycles. The van der Waals surface area contributed by atoms with E-state index in [9.17, 15) is 5.11 Å². The van der Waals surface area contributed by atoms with Gasteiger partial charge in [-0.2, -0.15) is 0 Å². The van der Waals surface area contributed by atoms with Crippen molar-refractivity contribution in [3.8, 4) is 5.75 Å². The van der Waals surface area contributed by atoms with Gasteiger partial charge in [-0.05, 0) is 56.5 Å². The van der Waals surface area contributed by atoms with Crippen LogP contribution in [-0.2, 0) is 6.54 Å². The number of nitrogens with two attached hydrogens (primary N) is 1. The SMILES string of the molecule is COc1ccc(CN2CCC(C(C)O)CC2)cc1N. The Labute approximate surface area is 115 Å². The van der Waals surface area contributed by atoms with Crippen LogP contribution in [0.15, 0.2) is 18.2 Å². The van der Waals surface area contributed by atoms with Gasteiger partial charge >= 0.3 is 0 Å². The fourth-order valence-electron chi connectivity index (χ4n) is 2.73. The van der Waals surface area contributed by atoms with Crippen LogP contribution in [0.4, 0.5) is 5.69 Å². The van der Waals surface area contributed by atoms with Crippen LogP contribution in [0.5, 0.6) is 5.75 Å².